The van der Waals surface area contributed by atoms with Crippen LogP contribution in [0.2, 0.25) is 0 Å². The zero-order valence-electron chi connectivity index (χ0n) is 11.7. The normalized spacial score (nSPS) is 32.6. The van der Waals surface area contributed by atoms with Gasteiger partial charge in [-0.2, -0.15) is 0 Å². The van der Waals surface area contributed by atoms with Gasteiger partial charge in [0.05, 0.1) is 5.57 Å². The lowest BCUT2D eigenvalue weighted by molar-refractivity contribution is -0.135. The topological polar surface area (TPSA) is 37.3 Å². The van der Waals surface area contributed by atoms with Crippen LogP contribution in [0.3, 0.4) is 0 Å². The molecule has 0 heterocycles. The molecule has 19 heavy (non-hydrogen) atoms. The number of aliphatic carboxylic acids is 1. The van der Waals surface area contributed by atoms with Gasteiger partial charge in [0.2, 0.25) is 0 Å². The van der Waals surface area contributed by atoms with Crippen molar-refractivity contribution < 1.29 is 9.90 Å². The second kappa shape index (κ2) is 3.38. The van der Waals surface area contributed by atoms with Crippen molar-refractivity contribution in [3.63, 3.8) is 0 Å². The molecule has 2 aliphatic rings. The smallest absolute Gasteiger partial charge is 0.332 e. The molecule has 0 saturated heterocycles. The summed E-state index contributed by atoms with van der Waals surface area (Å²) >= 11 is 0. The van der Waals surface area contributed by atoms with Gasteiger partial charge in [0.1, 0.15) is 0 Å². The van der Waals surface area contributed by atoms with E-state index in [1.54, 1.807) is 0 Å². The molecule has 2 nitrogen and oxygen atoms in total. The van der Waals surface area contributed by atoms with Crippen molar-refractivity contribution in [3.8, 4) is 0 Å². The van der Waals surface area contributed by atoms with Gasteiger partial charge >= 0.3 is 5.97 Å². The summed E-state index contributed by atoms with van der Waals surface area (Å²) in [5.74, 6) is -0.786. The monoisotopic (exact) mass is 254 g/mol. The van der Waals surface area contributed by atoms with Crippen molar-refractivity contribution >= 4 is 11.5 Å². The van der Waals surface area contributed by atoms with Crippen molar-refractivity contribution in [1.29, 1.82) is 0 Å². The Hall–Kier alpha value is -1.83. The SMILES string of the molecule is CC1=C(C)[C@@]2(C)C(c3ccccc3)=C(C(=O)O)[C@]12C. The first-order valence-electron chi connectivity index (χ1n) is 6.59. The van der Waals surface area contributed by atoms with Gasteiger partial charge in [-0.05, 0) is 25.0 Å². The molecule has 0 aromatic heterocycles. The van der Waals surface area contributed by atoms with Crippen molar-refractivity contribution in [3.05, 3.63) is 52.6 Å². The van der Waals surface area contributed by atoms with Gasteiger partial charge in [0.25, 0.3) is 0 Å². The Morgan fingerprint density at radius 3 is 2.05 bits per heavy atom. The maximum absolute atomic E-state index is 11.7. The Morgan fingerprint density at radius 1 is 1.00 bits per heavy atom. The van der Waals surface area contributed by atoms with E-state index in [0.29, 0.717) is 5.57 Å². The molecule has 1 aromatic rings. The largest absolute Gasteiger partial charge is 0.478 e. The fourth-order valence-corrected chi connectivity index (χ4v) is 4.11. The van der Waals surface area contributed by atoms with Crippen molar-refractivity contribution in [2.45, 2.75) is 27.7 Å². The molecule has 0 saturated carbocycles. The molecule has 98 valence electrons. The Kier molecular flexibility index (Phi) is 2.17. The quantitative estimate of drug-likeness (QED) is 0.813. The molecule has 3 rings (SSSR count). The number of benzene rings is 1. The van der Waals surface area contributed by atoms with Crippen LogP contribution in [-0.4, -0.2) is 11.1 Å². The number of carboxylic acid groups (broad SMARTS) is 1. The van der Waals surface area contributed by atoms with E-state index in [-0.39, 0.29) is 10.8 Å². The molecule has 0 fully saturated rings. The summed E-state index contributed by atoms with van der Waals surface area (Å²) in [6.45, 7) is 8.41. The molecular formula is C17H18O2. The van der Waals surface area contributed by atoms with Crippen LogP contribution >= 0.6 is 0 Å². The summed E-state index contributed by atoms with van der Waals surface area (Å²) in [6.07, 6.45) is 0. The maximum Gasteiger partial charge on any atom is 0.332 e. The predicted molar refractivity (Wildman–Crippen MR) is 75.6 cm³/mol. The van der Waals surface area contributed by atoms with Gasteiger partial charge in [-0.25, -0.2) is 4.79 Å². The van der Waals surface area contributed by atoms with Crippen LogP contribution in [0.15, 0.2) is 47.1 Å². The minimum atomic E-state index is -0.786. The molecule has 2 aliphatic carbocycles. The number of allylic oxidation sites excluding steroid dienone is 3. The van der Waals surface area contributed by atoms with Crippen LogP contribution in [0.5, 0.6) is 0 Å². The third-order valence-electron chi connectivity index (χ3n) is 5.59. The van der Waals surface area contributed by atoms with Crippen LogP contribution in [0.25, 0.3) is 5.57 Å². The molecule has 0 bridgehead atoms. The van der Waals surface area contributed by atoms with Crippen LogP contribution in [-0.2, 0) is 4.79 Å². The van der Waals surface area contributed by atoms with Crippen molar-refractivity contribution in [1.82, 2.24) is 0 Å². The van der Waals surface area contributed by atoms with Gasteiger partial charge in [-0.15, -0.1) is 0 Å². The molecule has 0 amide bonds. The Balaban J connectivity index is 2.26. The predicted octanol–water partition coefficient (Wildman–Crippen LogP) is 3.90. The number of hydrogen-bond donors (Lipinski definition) is 1. The zero-order valence-corrected chi connectivity index (χ0v) is 11.7. The highest BCUT2D eigenvalue weighted by Crippen LogP contribution is 2.77. The molecule has 2 atom stereocenters. The van der Waals surface area contributed by atoms with Crippen LogP contribution in [0, 0.1) is 10.8 Å². The summed E-state index contributed by atoms with van der Waals surface area (Å²) in [6, 6.07) is 9.89. The van der Waals surface area contributed by atoms with Gasteiger partial charge < -0.3 is 5.11 Å². The summed E-state index contributed by atoms with van der Waals surface area (Å²) in [5.41, 5.74) is 4.72. The van der Waals surface area contributed by atoms with E-state index in [4.69, 9.17) is 0 Å². The van der Waals surface area contributed by atoms with Crippen molar-refractivity contribution in [2.75, 3.05) is 0 Å². The maximum atomic E-state index is 11.7. The molecule has 0 aliphatic heterocycles. The molecule has 0 unspecified atom stereocenters. The van der Waals surface area contributed by atoms with Crippen LogP contribution in [0.4, 0.5) is 0 Å². The van der Waals surface area contributed by atoms with E-state index in [1.165, 1.54) is 11.1 Å². The van der Waals surface area contributed by atoms with E-state index in [2.05, 4.69) is 27.7 Å². The van der Waals surface area contributed by atoms with Crippen molar-refractivity contribution in [2.24, 2.45) is 10.8 Å². The first-order chi connectivity index (χ1) is 8.86. The standard InChI is InChI=1S/C17H18O2/c1-10-11(2)17(4)14(15(18)19)13(16(10,17)3)12-8-6-5-7-9-12/h5-9H,1-4H3,(H,18,19)/t16-,17-/m0/s1. The summed E-state index contributed by atoms with van der Waals surface area (Å²) in [4.78, 5) is 11.7. The number of hydrogen-bond acceptors (Lipinski definition) is 1. The van der Waals surface area contributed by atoms with Gasteiger partial charge in [-0.3, -0.25) is 0 Å². The van der Waals surface area contributed by atoms with Gasteiger partial charge in [0, 0.05) is 10.8 Å². The lowest BCUT2D eigenvalue weighted by atomic mass is 9.35. The fourth-order valence-electron chi connectivity index (χ4n) is 4.11. The number of carboxylic acids is 1. The average molecular weight is 254 g/mol. The zero-order chi connectivity index (χ0) is 14.0. The summed E-state index contributed by atoms with van der Waals surface area (Å²) in [5, 5.41) is 9.59. The van der Waals surface area contributed by atoms with Crippen LogP contribution in [0.1, 0.15) is 33.3 Å². The van der Waals surface area contributed by atoms with Gasteiger partial charge in [0.15, 0.2) is 0 Å². The van der Waals surface area contributed by atoms with E-state index in [9.17, 15) is 9.90 Å². The first kappa shape index (κ1) is 12.2. The lowest BCUT2D eigenvalue weighted by Crippen LogP contribution is -2.60. The second-order valence-corrected chi connectivity index (χ2v) is 5.92. The molecule has 0 radical (unpaired) electrons. The third kappa shape index (κ3) is 1.07. The highest BCUT2D eigenvalue weighted by molar-refractivity contribution is 6.08. The molecule has 2 heteroatoms. The second-order valence-electron chi connectivity index (χ2n) is 5.92. The molecule has 1 aromatic carbocycles. The number of rotatable bonds is 2. The minimum Gasteiger partial charge on any atom is -0.478 e. The van der Waals surface area contributed by atoms with Gasteiger partial charge in [-0.1, -0.05) is 55.3 Å². The summed E-state index contributed by atoms with van der Waals surface area (Å²) in [7, 11) is 0. The van der Waals surface area contributed by atoms with Crippen LogP contribution < -0.4 is 0 Å². The third-order valence-corrected chi connectivity index (χ3v) is 5.59. The Bertz CT molecular complexity index is 651. The number of carbonyl (C=O) groups is 1. The number of fused-ring (bicyclic) bond motifs is 1. The average Bonchev–Trinajstić information content (AvgIpc) is 2.41. The first-order valence-corrected chi connectivity index (χ1v) is 6.59. The lowest BCUT2D eigenvalue weighted by Gasteiger charge is -2.67. The molecule has 0 spiro atoms. The van der Waals surface area contributed by atoms with E-state index < -0.39 is 5.97 Å². The molecular weight excluding hydrogens is 236 g/mol. The Labute approximate surface area is 113 Å². The van der Waals surface area contributed by atoms with E-state index >= 15 is 0 Å². The minimum absolute atomic E-state index is 0.119. The summed E-state index contributed by atoms with van der Waals surface area (Å²) < 4.78 is 0. The Morgan fingerprint density at radius 2 is 1.53 bits per heavy atom. The molecule has 1 N–H and O–H groups in total. The highest BCUT2D eigenvalue weighted by atomic mass is 16.4. The van der Waals surface area contributed by atoms with E-state index in [1.807, 2.05) is 30.3 Å². The fraction of sp³-hybridized carbons (Fsp3) is 0.353. The highest BCUT2D eigenvalue weighted by Gasteiger charge is 2.69. The van der Waals surface area contributed by atoms with E-state index in [0.717, 1.165) is 11.1 Å².